The first-order chi connectivity index (χ1) is 9.86. The molecule has 0 bridgehead atoms. The molecule has 0 unspecified atom stereocenters. The Bertz CT molecular complexity index is 570. The highest BCUT2D eigenvalue weighted by Gasteiger charge is 2.22. The fourth-order valence-electron chi connectivity index (χ4n) is 2.93. The predicted octanol–water partition coefficient (Wildman–Crippen LogP) is 2.68. The Hall–Kier alpha value is -1.58. The van der Waals surface area contributed by atoms with Gasteiger partial charge in [0.2, 0.25) is 0 Å². The second-order valence-corrected chi connectivity index (χ2v) is 5.37. The summed E-state index contributed by atoms with van der Waals surface area (Å²) < 4.78 is 5.85. The zero-order valence-electron chi connectivity index (χ0n) is 11.7. The molecule has 0 radical (unpaired) electrons. The number of rotatable bonds is 5. The number of fused-ring (bicyclic) bond motifs is 1. The average molecular weight is 271 g/mol. The smallest absolute Gasteiger partial charge is 0.120 e. The first kappa shape index (κ1) is 13.4. The van der Waals surface area contributed by atoms with Crippen LogP contribution >= 0.6 is 0 Å². The molecule has 2 aromatic carbocycles. The van der Waals surface area contributed by atoms with Crippen LogP contribution in [0.3, 0.4) is 0 Å². The largest absolute Gasteiger partial charge is 0.492 e. The lowest BCUT2D eigenvalue weighted by atomic mass is 10.1. The van der Waals surface area contributed by atoms with Crippen molar-refractivity contribution in [2.45, 2.75) is 18.9 Å². The Kier molecular flexibility index (Phi) is 4.19. The van der Waals surface area contributed by atoms with Gasteiger partial charge in [0.25, 0.3) is 0 Å². The molecule has 3 nitrogen and oxygen atoms in total. The summed E-state index contributed by atoms with van der Waals surface area (Å²) in [5.41, 5.74) is 0. The van der Waals surface area contributed by atoms with Crippen LogP contribution in [-0.4, -0.2) is 42.4 Å². The van der Waals surface area contributed by atoms with Crippen molar-refractivity contribution in [3.8, 4) is 5.75 Å². The van der Waals surface area contributed by atoms with Gasteiger partial charge in [-0.3, -0.25) is 4.90 Å². The summed E-state index contributed by atoms with van der Waals surface area (Å²) in [7, 11) is 0. The van der Waals surface area contributed by atoms with Crippen LogP contribution in [-0.2, 0) is 0 Å². The number of ether oxygens (including phenoxy) is 1. The summed E-state index contributed by atoms with van der Waals surface area (Å²) in [6.07, 6.45) is 2.29. The molecule has 1 aliphatic rings. The second kappa shape index (κ2) is 6.25. The fraction of sp³-hybridized carbons (Fsp3) is 0.412. The third-order valence-electron chi connectivity index (χ3n) is 4.08. The van der Waals surface area contributed by atoms with E-state index in [0.29, 0.717) is 12.6 Å². The number of benzene rings is 2. The van der Waals surface area contributed by atoms with Crippen molar-refractivity contribution < 1.29 is 9.84 Å². The molecule has 106 valence electrons. The van der Waals surface area contributed by atoms with E-state index in [9.17, 15) is 5.11 Å². The fourth-order valence-corrected chi connectivity index (χ4v) is 2.93. The SMILES string of the molecule is OC[C@H]1CCCN1CCOc1ccc2ccccc2c1. The normalized spacial score (nSPS) is 19.6. The molecule has 3 rings (SSSR count). The molecule has 0 aromatic heterocycles. The topological polar surface area (TPSA) is 32.7 Å². The molecule has 1 N–H and O–H groups in total. The van der Waals surface area contributed by atoms with E-state index in [-0.39, 0.29) is 6.61 Å². The summed E-state index contributed by atoms with van der Waals surface area (Å²) >= 11 is 0. The van der Waals surface area contributed by atoms with Crippen molar-refractivity contribution in [2.24, 2.45) is 0 Å². The molecule has 0 saturated carbocycles. The second-order valence-electron chi connectivity index (χ2n) is 5.37. The maximum atomic E-state index is 9.29. The third kappa shape index (κ3) is 2.94. The van der Waals surface area contributed by atoms with Gasteiger partial charge in [-0.1, -0.05) is 30.3 Å². The number of aliphatic hydroxyl groups is 1. The minimum atomic E-state index is 0.260. The van der Waals surface area contributed by atoms with Crippen LogP contribution in [0.2, 0.25) is 0 Å². The zero-order valence-corrected chi connectivity index (χ0v) is 11.7. The lowest BCUT2D eigenvalue weighted by Gasteiger charge is -2.22. The highest BCUT2D eigenvalue weighted by Crippen LogP contribution is 2.21. The van der Waals surface area contributed by atoms with E-state index in [1.165, 1.54) is 17.2 Å². The lowest BCUT2D eigenvalue weighted by Crippen LogP contribution is -2.35. The molecule has 0 aliphatic carbocycles. The van der Waals surface area contributed by atoms with Crippen LogP contribution in [0.25, 0.3) is 10.8 Å². The standard InChI is InChI=1S/C17H21NO2/c19-13-16-6-3-9-18(16)10-11-20-17-8-7-14-4-1-2-5-15(14)12-17/h1-2,4-5,7-8,12,16,19H,3,6,9-11,13H2/t16-/m1/s1. The minimum Gasteiger partial charge on any atom is -0.492 e. The molecule has 0 spiro atoms. The summed E-state index contributed by atoms with van der Waals surface area (Å²) in [6.45, 7) is 2.90. The average Bonchev–Trinajstić information content (AvgIpc) is 2.95. The van der Waals surface area contributed by atoms with E-state index in [1.807, 2.05) is 18.2 Å². The molecular formula is C17H21NO2. The molecule has 1 atom stereocenters. The van der Waals surface area contributed by atoms with Crippen LogP contribution in [0.5, 0.6) is 5.75 Å². The van der Waals surface area contributed by atoms with Crippen LogP contribution in [0, 0.1) is 0 Å². The highest BCUT2D eigenvalue weighted by molar-refractivity contribution is 5.83. The van der Waals surface area contributed by atoms with Gasteiger partial charge in [0.05, 0.1) is 6.61 Å². The van der Waals surface area contributed by atoms with Crippen molar-refractivity contribution in [3.63, 3.8) is 0 Å². The van der Waals surface area contributed by atoms with Gasteiger partial charge < -0.3 is 9.84 Å². The predicted molar refractivity (Wildman–Crippen MR) is 81.1 cm³/mol. The van der Waals surface area contributed by atoms with Gasteiger partial charge in [0.15, 0.2) is 0 Å². The third-order valence-corrected chi connectivity index (χ3v) is 4.08. The first-order valence-corrected chi connectivity index (χ1v) is 7.33. The van der Waals surface area contributed by atoms with Crippen LogP contribution in [0.15, 0.2) is 42.5 Å². The molecule has 1 fully saturated rings. The van der Waals surface area contributed by atoms with Crippen molar-refractivity contribution >= 4 is 10.8 Å². The van der Waals surface area contributed by atoms with Gasteiger partial charge in [-0.25, -0.2) is 0 Å². The first-order valence-electron chi connectivity index (χ1n) is 7.33. The van der Waals surface area contributed by atoms with Gasteiger partial charge in [-0.2, -0.15) is 0 Å². The zero-order chi connectivity index (χ0) is 13.8. The van der Waals surface area contributed by atoms with E-state index < -0.39 is 0 Å². The van der Waals surface area contributed by atoms with E-state index in [2.05, 4.69) is 29.2 Å². The van der Waals surface area contributed by atoms with Crippen molar-refractivity contribution in [1.29, 1.82) is 0 Å². The minimum absolute atomic E-state index is 0.260. The van der Waals surface area contributed by atoms with Crippen LogP contribution < -0.4 is 4.74 Å². The van der Waals surface area contributed by atoms with E-state index in [1.54, 1.807) is 0 Å². The number of aliphatic hydroxyl groups excluding tert-OH is 1. The van der Waals surface area contributed by atoms with E-state index in [4.69, 9.17) is 4.74 Å². The molecule has 3 heteroatoms. The highest BCUT2D eigenvalue weighted by atomic mass is 16.5. The quantitative estimate of drug-likeness (QED) is 0.907. The van der Waals surface area contributed by atoms with E-state index >= 15 is 0 Å². The molecule has 20 heavy (non-hydrogen) atoms. The maximum Gasteiger partial charge on any atom is 0.120 e. The molecule has 0 amide bonds. The molecule has 1 aliphatic heterocycles. The van der Waals surface area contributed by atoms with Crippen molar-refractivity contribution in [3.05, 3.63) is 42.5 Å². The summed E-state index contributed by atoms with van der Waals surface area (Å²) in [5.74, 6) is 0.920. The Morgan fingerprint density at radius 2 is 2.00 bits per heavy atom. The van der Waals surface area contributed by atoms with Crippen LogP contribution in [0.4, 0.5) is 0 Å². The number of likely N-dealkylation sites (tertiary alicyclic amines) is 1. The number of hydrogen-bond donors (Lipinski definition) is 1. The Labute approximate surface area is 119 Å². The van der Waals surface area contributed by atoms with Gasteiger partial charge in [0, 0.05) is 12.6 Å². The maximum absolute atomic E-state index is 9.29. The van der Waals surface area contributed by atoms with Crippen molar-refractivity contribution in [1.82, 2.24) is 4.90 Å². The molecule has 1 saturated heterocycles. The lowest BCUT2D eigenvalue weighted by molar-refractivity contribution is 0.139. The van der Waals surface area contributed by atoms with Gasteiger partial charge in [0.1, 0.15) is 12.4 Å². The molecular weight excluding hydrogens is 250 g/mol. The summed E-state index contributed by atoms with van der Waals surface area (Å²) in [4.78, 5) is 2.32. The van der Waals surface area contributed by atoms with Crippen LogP contribution in [0.1, 0.15) is 12.8 Å². The number of nitrogens with zero attached hydrogens (tertiary/aromatic N) is 1. The summed E-state index contributed by atoms with van der Waals surface area (Å²) in [5, 5.41) is 11.7. The van der Waals surface area contributed by atoms with E-state index in [0.717, 1.165) is 25.3 Å². The molecule has 1 heterocycles. The number of hydrogen-bond acceptors (Lipinski definition) is 3. The Balaban J connectivity index is 1.57. The Morgan fingerprint density at radius 3 is 2.85 bits per heavy atom. The van der Waals surface area contributed by atoms with Gasteiger partial charge in [-0.15, -0.1) is 0 Å². The molecule has 2 aromatic rings. The monoisotopic (exact) mass is 271 g/mol. The van der Waals surface area contributed by atoms with Gasteiger partial charge >= 0.3 is 0 Å². The Morgan fingerprint density at radius 1 is 1.15 bits per heavy atom. The van der Waals surface area contributed by atoms with Gasteiger partial charge in [-0.05, 0) is 42.3 Å². The summed E-state index contributed by atoms with van der Waals surface area (Å²) in [6, 6.07) is 14.8. The van der Waals surface area contributed by atoms with Crippen molar-refractivity contribution in [2.75, 3.05) is 26.3 Å².